The van der Waals surface area contributed by atoms with E-state index < -0.39 is 18.2 Å². The molecule has 0 amide bonds. The first-order valence-corrected chi connectivity index (χ1v) is 3.73. The highest BCUT2D eigenvalue weighted by atomic mass is 16.8. The van der Waals surface area contributed by atoms with Gasteiger partial charge in [0.25, 0.3) is 0 Å². The third kappa shape index (κ3) is 2.47. The zero-order valence-corrected chi connectivity index (χ0v) is 7.40. The minimum absolute atomic E-state index is 0.146. The zero-order valence-electron chi connectivity index (χ0n) is 7.40. The van der Waals surface area contributed by atoms with Gasteiger partial charge < -0.3 is 14.2 Å². The third-order valence-electron chi connectivity index (χ3n) is 1.56. The molecule has 0 aromatic carbocycles. The number of esters is 1. The first-order valence-electron chi connectivity index (χ1n) is 3.73. The van der Waals surface area contributed by atoms with Gasteiger partial charge in [-0.15, -0.1) is 0 Å². The fraction of sp³-hybridized carbons (Fsp3) is 0.500. The molecule has 1 atom stereocenters. The lowest BCUT2D eigenvalue weighted by molar-refractivity contribution is -0.136. The van der Waals surface area contributed by atoms with Crippen molar-refractivity contribution in [2.75, 3.05) is 13.7 Å². The summed E-state index contributed by atoms with van der Waals surface area (Å²) in [5, 5.41) is 0. The Morgan fingerprint density at radius 3 is 2.85 bits per heavy atom. The van der Waals surface area contributed by atoms with Crippen LogP contribution in [-0.2, 0) is 19.0 Å². The van der Waals surface area contributed by atoms with Crippen molar-refractivity contribution in [1.82, 2.24) is 0 Å². The summed E-state index contributed by atoms with van der Waals surface area (Å²) < 4.78 is 13.7. The van der Waals surface area contributed by atoms with E-state index in [4.69, 9.17) is 0 Å². The molecule has 0 N–H and O–H groups in total. The van der Waals surface area contributed by atoms with Gasteiger partial charge in [0, 0.05) is 5.57 Å². The summed E-state index contributed by atoms with van der Waals surface area (Å²) in [4.78, 5) is 21.4. The molecule has 5 heteroatoms. The Bertz CT molecular complexity index is 255. The quantitative estimate of drug-likeness (QED) is 0.467. The Labute approximate surface area is 75.3 Å². The molecule has 0 aromatic heterocycles. The minimum Gasteiger partial charge on any atom is -0.466 e. The Kier molecular flexibility index (Phi) is 2.89. The van der Waals surface area contributed by atoms with Crippen LogP contribution in [0.5, 0.6) is 0 Å². The molecule has 0 saturated carbocycles. The minimum atomic E-state index is -0.709. The fourth-order valence-corrected chi connectivity index (χ4v) is 0.932. The van der Waals surface area contributed by atoms with E-state index in [1.54, 1.807) is 6.92 Å². The molecule has 1 saturated heterocycles. The Morgan fingerprint density at radius 1 is 1.69 bits per heavy atom. The van der Waals surface area contributed by atoms with Crippen LogP contribution in [0.15, 0.2) is 11.6 Å². The van der Waals surface area contributed by atoms with Gasteiger partial charge in [-0.25, -0.2) is 9.59 Å². The van der Waals surface area contributed by atoms with Gasteiger partial charge in [-0.05, 0) is 13.0 Å². The number of cyclic esters (lactones) is 2. The van der Waals surface area contributed by atoms with Crippen LogP contribution < -0.4 is 0 Å². The van der Waals surface area contributed by atoms with Crippen LogP contribution in [0.1, 0.15) is 6.92 Å². The maximum absolute atomic E-state index is 10.9. The van der Waals surface area contributed by atoms with Crippen LogP contribution in [0.25, 0.3) is 0 Å². The number of ether oxygens (including phenoxy) is 3. The van der Waals surface area contributed by atoms with Gasteiger partial charge in [0.2, 0.25) is 0 Å². The molecule has 1 unspecified atom stereocenters. The van der Waals surface area contributed by atoms with E-state index in [2.05, 4.69) is 14.2 Å². The van der Waals surface area contributed by atoms with Crippen molar-refractivity contribution in [3.63, 3.8) is 0 Å². The lowest BCUT2D eigenvalue weighted by atomic mass is 10.2. The molecule has 1 fully saturated rings. The van der Waals surface area contributed by atoms with Gasteiger partial charge in [-0.2, -0.15) is 0 Å². The molecular weight excluding hydrogens is 176 g/mol. The average Bonchev–Trinajstić information content (AvgIpc) is 2.49. The molecule has 0 spiro atoms. The van der Waals surface area contributed by atoms with E-state index in [-0.39, 0.29) is 6.61 Å². The standard InChI is InChI=1S/C8H10O5/c1-5(7(9)11-2)3-6-4-12-8(10)13-6/h3,6H,4H2,1-2H3/b5-3+. The summed E-state index contributed by atoms with van der Waals surface area (Å²) in [7, 11) is 1.29. The first kappa shape index (κ1) is 9.57. The molecule has 72 valence electrons. The third-order valence-corrected chi connectivity index (χ3v) is 1.56. The number of methoxy groups -OCH3 is 1. The van der Waals surface area contributed by atoms with Crippen molar-refractivity contribution in [3.8, 4) is 0 Å². The van der Waals surface area contributed by atoms with Crippen LogP contribution in [0.4, 0.5) is 4.79 Å². The van der Waals surface area contributed by atoms with E-state index >= 15 is 0 Å². The Hall–Kier alpha value is -1.52. The largest absolute Gasteiger partial charge is 0.509 e. The lowest BCUT2D eigenvalue weighted by Crippen LogP contribution is -2.10. The lowest BCUT2D eigenvalue weighted by Gasteiger charge is -2.01. The van der Waals surface area contributed by atoms with Crippen molar-refractivity contribution >= 4 is 12.1 Å². The molecule has 1 heterocycles. The second kappa shape index (κ2) is 3.93. The van der Waals surface area contributed by atoms with Gasteiger partial charge >= 0.3 is 12.1 Å². The highest BCUT2D eigenvalue weighted by molar-refractivity contribution is 5.87. The second-order valence-corrected chi connectivity index (χ2v) is 2.56. The fourth-order valence-electron chi connectivity index (χ4n) is 0.932. The normalized spacial score (nSPS) is 22.2. The molecule has 0 aliphatic carbocycles. The predicted molar refractivity (Wildman–Crippen MR) is 42.0 cm³/mol. The summed E-state index contributed by atoms with van der Waals surface area (Å²) in [5.41, 5.74) is 0.394. The summed E-state index contributed by atoms with van der Waals surface area (Å²) in [5.74, 6) is -0.442. The van der Waals surface area contributed by atoms with E-state index in [9.17, 15) is 9.59 Å². The molecule has 5 nitrogen and oxygen atoms in total. The zero-order chi connectivity index (χ0) is 9.84. The number of carbonyl (C=O) groups excluding carboxylic acids is 2. The summed E-state index contributed by atoms with van der Waals surface area (Å²) in [6.07, 6.45) is 0.307. The van der Waals surface area contributed by atoms with E-state index in [0.717, 1.165) is 0 Å². The molecule has 13 heavy (non-hydrogen) atoms. The van der Waals surface area contributed by atoms with E-state index in [1.807, 2.05) is 0 Å². The van der Waals surface area contributed by atoms with Gasteiger partial charge in [0.05, 0.1) is 7.11 Å². The van der Waals surface area contributed by atoms with Crippen molar-refractivity contribution in [1.29, 1.82) is 0 Å². The second-order valence-electron chi connectivity index (χ2n) is 2.56. The number of carbonyl (C=O) groups is 2. The highest BCUT2D eigenvalue weighted by Crippen LogP contribution is 2.10. The molecule has 0 aromatic rings. The number of hydrogen-bond donors (Lipinski definition) is 0. The maximum Gasteiger partial charge on any atom is 0.509 e. The molecule has 1 aliphatic rings. The molecule has 0 bridgehead atoms. The van der Waals surface area contributed by atoms with Gasteiger partial charge in [-0.1, -0.05) is 0 Å². The van der Waals surface area contributed by atoms with E-state index in [0.29, 0.717) is 5.57 Å². The van der Waals surface area contributed by atoms with Gasteiger partial charge in [-0.3, -0.25) is 0 Å². The van der Waals surface area contributed by atoms with Crippen molar-refractivity contribution in [3.05, 3.63) is 11.6 Å². The van der Waals surface area contributed by atoms with Crippen molar-refractivity contribution in [2.24, 2.45) is 0 Å². The van der Waals surface area contributed by atoms with Crippen LogP contribution in [-0.4, -0.2) is 31.9 Å². The van der Waals surface area contributed by atoms with Crippen LogP contribution >= 0.6 is 0 Å². The maximum atomic E-state index is 10.9. The number of hydrogen-bond acceptors (Lipinski definition) is 5. The number of rotatable bonds is 2. The molecule has 1 aliphatic heterocycles. The van der Waals surface area contributed by atoms with Crippen molar-refractivity contribution in [2.45, 2.75) is 13.0 Å². The Morgan fingerprint density at radius 2 is 2.38 bits per heavy atom. The molecule has 1 rings (SSSR count). The Balaban J connectivity index is 2.55. The molecular formula is C8H10O5. The summed E-state index contributed by atoms with van der Waals surface area (Å²) in [6.45, 7) is 1.73. The first-order chi connectivity index (χ1) is 6.13. The van der Waals surface area contributed by atoms with Gasteiger partial charge in [0.1, 0.15) is 6.61 Å². The van der Waals surface area contributed by atoms with E-state index in [1.165, 1.54) is 13.2 Å². The average molecular weight is 186 g/mol. The summed E-state index contributed by atoms with van der Waals surface area (Å²) in [6, 6.07) is 0. The highest BCUT2D eigenvalue weighted by Gasteiger charge is 2.23. The molecule has 0 radical (unpaired) electrons. The predicted octanol–water partition coefficient (Wildman–Crippen LogP) is 0.641. The monoisotopic (exact) mass is 186 g/mol. The van der Waals surface area contributed by atoms with Gasteiger partial charge in [0.15, 0.2) is 6.10 Å². The van der Waals surface area contributed by atoms with Crippen LogP contribution in [0, 0.1) is 0 Å². The van der Waals surface area contributed by atoms with Crippen LogP contribution in [0.2, 0.25) is 0 Å². The smallest absolute Gasteiger partial charge is 0.466 e. The topological polar surface area (TPSA) is 61.8 Å². The SMILES string of the molecule is COC(=O)/C(C)=C/C1COC(=O)O1. The van der Waals surface area contributed by atoms with Crippen molar-refractivity contribution < 1.29 is 23.8 Å². The van der Waals surface area contributed by atoms with Crippen LogP contribution in [0.3, 0.4) is 0 Å². The summed E-state index contributed by atoms with van der Waals surface area (Å²) >= 11 is 0.